The summed E-state index contributed by atoms with van der Waals surface area (Å²) in [6.07, 6.45) is 8.44. The molecule has 0 N–H and O–H groups in total. The van der Waals surface area contributed by atoms with Crippen molar-refractivity contribution in [3.63, 3.8) is 0 Å². The van der Waals surface area contributed by atoms with E-state index in [-0.39, 0.29) is 5.41 Å². The molecular weight excluding hydrogens is 292 g/mol. The van der Waals surface area contributed by atoms with Crippen LogP contribution in [0.25, 0.3) is 6.08 Å². The van der Waals surface area contributed by atoms with Crippen molar-refractivity contribution < 1.29 is 4.79 Å². The van der Waals surface area contributed by atoms with Gasteiger partial charge in [0.1, 0.15) is 5.78 Å². The van der Waals surface area contributed by atoms with Crippen LogP contribution in [-0.4, -0.2) is 5.78 Å². The van der Waals surface area contributed by atoms with E-state index in [1.807, 2.05) is 13.0 Å². The molecule has 0 spiro atoms. The number of ketones is 1. The number of carbonyl (C=O) groups excluding carboxylic acids is 1. The summed E-state index contributed by atoms with van der Waals surface area (Å²) in [6.45, 7) is 8.10. The van der Waals surface area contributed by atoms with Crippen LogP contribution in [0.4, 0.5) is 0 Å². The van der Waals surface area contributed by atoms with Crippen molar-refractivity contribution in [1.29, 1.82) is 0 Å². The lowest BCUT2D eigenvalue weighted by Gasteiger charge is -2.48. The smallest absolute Gasteiger partial charge is 0.139 e. The summed E-state index contributed by atoms with van der Waals surface area (Å²) in [4.78, 5) is 12.4. The summed E-state index contributed by atoms with van der Waals surface area (Å²) in [5.74, 6) is 8.72. The molecule has 2 fully saturated rings. The van der Waals surface area contributed by atoms with E-state index < -0.39 is 0 Å². The normalized spacial score (nSPS) is 33.8. The average Bonchev–Trinajstić information content (AvgIpc) is 2.89. The lowest BCUT2D eigenvalue weighted by atomic mass is 9.55. The van der Waals surface area contributed by atoms with Crippen molar-refractivity contribution in [1.82, 2.24) is 0 Å². The Morgan fingerprint density at radius 2 is 2.08 bits per heavy atom. The summed E-state index contributed by atoms with van der Waals surface area (Å²) < 4.78 is 0. The first kappa shape index (κ1) is 15.7. The molecule has 0 amide bonds. The van der Waals surface area contributed by atoms with E-state index >= 15 is 0 Å². The molecule has 0 aliphatic heterocycles. The third kappa shape index (κ3) is 2.12. The van der Waals surface area contributed by atoms with Gasteiger partial charge < -0.3 is 0 Å². The second kappa shape index (κ2) is 5.62. The summed E-state index contributed by atoms with van der Waals surface area (Å²) in [7, 11) is 0. The van der Waals surface area contributed by atoms with Crippen LogP contribution in [0, 0.1) is 29.1 Å². The Labute approximate surface area is 145 Å². The van der Waals surface area contributed by atoms with Crippen LogP contribution >= 0.6 is 0 Å². The van der Waals surface area contributed by atoms with Crippen LogP contribution in [0.1, 0.15) is 74.1 Å². The number of aryl methyl sites for hydroxylation is 1. The Bertz CT molecular complexity index is 775. The third-order valence-electron chi connectivity index (χ3n) is 7.08. The molecule has 2 saturated carbocycles. The van der Waals surface area contributed by atoms with E-state index in [0.717, 1.165) is 37.7 Å². The second-order valence-corrected chi connectivity index (χ2v) is 8.05. The Morgan fingerprint density at radius 3 is 2.83 bits per heavy atom. The highest BCUT2D eigenvalue weighted by molar-refractivity contribution is 5.87. The molecule has 0 saturated heterocycles. The van der Waals surface area contributed by atoms with Gasteiger partial charge in [-0.2, -0.15) is 0 Å². The summed E-state index contributed by atoms with van der Waals surface area (Å²) in [5, 5.41) is 0. The van der Waals surface area contributed by atoms with Crippen molar-refractivity contribution in [3.8, 4) is 11.8 Å². The van der Waals surface area contributed by atoms with E-state index in [2.05, 4.69) is 37.5 Å². The van der Waals surface area contributed by atoms with Gasteiger partial charge in [0, 0.05) is 17.4 Å². The fourth-order valence-electron chi connectivity index (χ4n) is 5.82. The number of benzene rings is 1. The molecular formula is C23H26O. The van der Waals surface area contributed by atoms with E-state index in [4.69, 9.17) is 0 Å². The monoisotopic (exact) mass is 318 g/mol. The van der Waals surface area contributed by atoms with Crippen LogP contribution in [0.2, 0.25) is 0 Å². The molecule has 24 heavy (non-hydrogen) atoms. The van der Waals surface area contributed by atoms with Gasteiger partial charge in [-0.1, -0.05) is 31.6 Å². The topological polar surface area (TPSA) is 17.1 Å². The molecule has 124 valence electrons. The number of Topliss-reactive ketones (excluding diaryl/α,β-unsaturated/α-hetero) is 1. The zero-order chi connectivity index (χ0) is 16.9. The van der Waals surface area contributed by atoms with Gasteiger partial charge in [0.15, 0.2) is 0 Å². The zero-order valence-electron chi connectivity index (χ0n) is 14.8. The Morgan fingerprint density at radius 1 is 1.25 bits per heavy atom. The molecule has 0 bridgehead atoms. The van der Waals surface area contributed by atoms with Gasteiger partial charge in [0.05, 0.1) is 0 Å². The molecule has 1 aromatic rings. The molecule has 1 aromatic carbocycles. The standard InChI is InChI=1S/C23H26O/c1-4-6-16-14-20-17(13-15(16)5-2)7-8-19-18(20)11-12-23(3)21(19)9-10-22(23)24/h5,13-14,18-19,21H,2,7-12H2,1,3H3/t18?,19?,21?,23-/m0/s1. The van der Waals surface area contributed by atoms with Crippen molar-refractivity contribution in [2.24, 2.45) is 17.3 Å². The number of rotatable bonds is 1. The molecule has 3 aliphatic carbocycles. The molecule has 4 rings (SSSR count). The minimum Gasteiger partial charge on any atom is -0.299 e. The maximum atomic E-state index is 12.4. The third-order valence-corrected chi connectivity index (χ3v) is 7.08. The highest BCUT2D eigenvalue weighted by Gasteiger charge is 2.54. The first-order valence-electron chi connectivity index (χ1n) is 9.34. The molecule has 1 nitrogen and oxygen atoms in total. The van der Waals surface area contributed by atoms with Crippen LogP contribution < -0.4 is 0 Å². The van der Waals surface area contributed by atoms with Gasteiger partial charge in [-0.05, 0) is 79.5 Å². The highest BCUT2D eigenvalue weighted by atomic mass is 16.1. The van der Waals surface area contributed by atoms with Gasteiger partial charge in [0.2, 0.25) is 0 Å². The van der Waals surface area contributed by atoms with Crippen molar-refractivity contribution in [2.75, 3.05) is 0 Å². The van der Waals surface area contributed by atoms with Gasteiger partial charge in [-0.3, -0.25) is 4.79 Å². The van der Waals surface area contributed by atoms with Gasteiger partial charge in [-0.25, -0.2) is 0 Å². The number of fused-ring (bicyclic) bond motifs is 5. The van der Waals surface area contributed by atoms with E-state index in [1.54, 1.807) is 0 Å². The molecule has 0 aromatic heterocycles. The Balaban J connectivity index is 1.76. The van der Waals surface area contributed by atoms with Crippen LogP contribution in [0.3, 0.4) is 0 Å². The van der Waals surface area contributed by atoms with Crippen molar-refractivity contribution >= 4 is 11.9 Å². The quantitative estimate of drug-likeness (QED) is 0.656. The van der Waals surface area contributed by atoms with Crippen LogP contribution in [0.5, 0.6) is 0 Å². The minimum absolute atomic E-state index is 0.0359. The fourth-order valence-corrected chi connectivity index (χ4v) is 5.82. The SMILES string of the molecule is C=Cc1cc2c(cc1C#CC)C1CC[C@]3(C)C(=O)CCC3C1CC2. The van der Waals surface area contributed by atoms with Gasteiger partial charge in [0.25, 0.3) is 0 Å². The molecule has 3 unspecified atom stereocenters. The first-order valence-corrected chi connectivity index (χ1v) is 9.34. The fraction of sp³-hybridized carbons (Fsp3) is 0.522. The summed E-state index contributed by atoms with van der Waals surface area (Å²) >= 11 is 0. The molecule has 3 aliphatic rings. The number of carbonyl (C=O) groups is 1. The molecule has 0 heterocycles. The first-order chi connectivity index (χ1) is 11.6. The Hall–Kier alpha value is -1.81. The molecule has 4 atom stereocenters. The lowest BCUT2D eigenvalue weighted by Crippen LogP contribution is -2.42. The predicted octanol–water partition coefficient (Wildman–Crippen LogP) is 5.13. The zero-order valence-corrected chi connectivity index (χ0v) is 14.8. The van der Waals surface area contributed by atoms with Crippen LogP contribution in [0.15, 0.2) is 18.7 Å². The van der Waals surface area contributed by atoms with Gasteiger partial charge in [-0.15, -0.1) is 5.92 Å². The van der Waals surface area contributed by atoms with E-state index in [1.165, 1.54) is 23.1 Å². The summed E-state index contributed by atoms with van der Waals surface area (Å²) in [6, 6.07) is 4.64. The van der Waals surface area contributed by atoms with Gasteiger partial charge >= 0.3 is 0 Å². The summed E-state index contributed by atoms with van der Waals surface area (Å²) in [5.41, 5.74) is 5.24. The van der Waals surface area contributed by atoms with Crippen molar-refractivity contribution in [2.45, 2.75) is 58.3 Å². The van der Waals surface area contributed by atoms with Crippen LogP contribution in [-0.2, 0) is 11.2 Å². The van der Waals surface area contributed by atoms with E-state index in [9.17, 15) is 4.79 Å². The Kier molecular flexibility index (Phi) is 3.68. The maximum Gasteiger partial charge on any atom is 0.139 e. The number of hydrogen-bond donors (Lipinski definition) is 0. The maximum absolute atomic E-state index is 12.4. The van der Waals surface area contributed by atoms with Crippen molar-refractivity contribution in [3.05, 3.63) is 41.0 Å². The minimum atomic E-state index is -0.0359. The lowest BCUT2D eigenvalue weighted by molar-refractivity contribution is -0.129. The highest BCUT2D eigenvalue weighted by Crippen LogP contribution is 2.59. The van der Waals surface area contributed by atoms with E-state index in [0.29, 0.717) is 23.5 Å². The molecule has 1 heteroatoms. The largest absolute Gasteiger partial charge is 0.299 e. The number of hydrogen-bond acceptors (Lipinski definition) is 1. The predicted molar refractivity (Wildman–Crippen MR) is 98.7 cm³/mol. The second-order valence-electron chi connectivity index (χ2n) is 8.05. The average molecular weight is 318 g/mol. The molecule has 0 radical (unpaired) electrons.